The van der Waals surface area contributed by atoms with E-state index in [1.54, 1.807) is 11.8 Å². The zero-order valence-corrected chi connectivity index (χ0v) is 29.9. The van der Waals surface area contributed by atoms with Gasteiger partial charge in [0.25, 0.3) is 0 Å². The Morgan fingerprint density at radius 3 is 2.09 bits per heavy atom. The summed E-state index contributed by atoms with van der Waals surface area (Å²) in [6.07, 6.45) is 13.4. The van der Waals surface area contributed by atoms with Crippen LogP contribution in [-0.4, -0.2) is 36.5 Å². The Bertz CT molecular complexity index is 1180. The molecule has 0 spiro atoms. The van der Waals surface area contributed by atoms with Gasteiger partial charge in [0.1, 0.15) is 6.07 Å². The van der Waals surface area contributed by atoms with E-state index < -0.39 is 10.8 Å². The first-order valence-electron chi connectivity index (χ1n) is 16.6. The molecular formula is C38H62N2O3. The standard InChI is InChI=1S/C38H62N2O3/c1-14-17-33(3,4)20-22-36(9,18-16-31(42)40(12)13)23-21-34(5,6)38(11)19-15-29-35(7,8)32(43)28(26-39)25-37(29,10)30(38)24-27(2)41/h24-25,29H,14-23H2,1-13H3/b30-24-/t29-,36-,37-,38+/m0/s1. The normalized spacial score (nSPS) is 28.0. The van der Waals surface area contributed by atoms with E-state index in [9.17, 15) is 19.6 Å². The number of carbonyl (C=O) groups excluding carboxylic acids is 3. The first-order valence-corrected chi connectivity index (χ1v) is 16.6. The lowest BCUT2D eigenvalue weighted by Gasteiger charge is -2.61. The van der Waals surface area contributed by atoms with E-state index in [0.717, 1.165) is 50.5 Å². The molecule has 1 saturated carbocycles. The van der Waals surface area contributed by atoms with Crippen LogP contribution >= 0.6 is 0 Å². The van der Waals surface area contributed by atoms with Crippen LogP contribution in [0.25, 0.3) is 0 Å². The van der Waals surface area contributed by atoms with Crippen molar-refractivity contribution in [1.82, 2.24) is 4.90 Å². The highest BCUT2D eigenvalue weighted by Crippen LogP contribution is 2.67. The third-order valence-electron chi connectivity index (χ3n) is 12.1. The third kappa shape index (κ3) is 7.72. The molecule has 2 aliphatic rings. The number of nitriles is 1. The molecule has 0 bridgehead atoms. The first-order chi connectivity index (χ1) is 19.5. The molecule has 1 fully saturated rings. The Hall–Kier alpha value is -2.22. The Morgan fingerprint density at radius 2 is 1.58 bits per heavy atom. The number of fused-ring (bicyclic) bond motifs is 1. The number of ketones is 2. The van der Waals surface area contributed by atoms with E-state index in [1.807, 2.05) is 40.1 Å². The van der Waals surface area contributed by atoms with E-state index in [-0.39, 0.29) is 50.6 Å². The molecule has 5 heteroatoms. The van der Waals surface area contributed by atoms with Gasteiger partial charge in [-0.2, -0.15) is 5.26 Å². The fourth-order valence-electron chi connectivity index (χ4n) is 8.45. The summed E-state index contributed by atoms with van der Waals surface area (Å²) in [6.45, 7) is 24.0. The van der Waals surface area contributed by atoms with Crippen LogP contribution in [-0.2, 0) is 14.4 Å². The highest BCUT2D eigenvalue weighted by Gasteiger charge is 2.61. The van der Waals surface area contributed by atoms with Crippen LogP contribution in [0.5, 0.6) is 0 Å². The highest BCUT2D eigenvalue weighted by molar-refractivity contribution is 6.04. The summed E-state index contributed by atoms with van der Waals surface area (Å²) in [4.78, 5) is 40.5. The minimum absolute atomic E-state index is 0.00528. The summed E-state index contributed by atoms with van der Waals surface area (Å²) in [5.41, 5.74) is -0.155. The average Bonchev–Trinajstić information content (AvgIpc) is 2.89. The maximum atomic E-state index is 13.3. The van der Waals surface area contributed by atoms with Gasteiger partial charge in [0.2, 0.25) is 5.91 Å². The Kier molecular flexibility index (Phi) is 11.2. The SMILES string of the molecule is CCCC(C)(C)CC[C@](C)(CCC(=O)N(C)C)CCC(C)(C)[C@]1(C)CC[C@H]2C(C)(C)C(=O)C(C#N)=C[C@]2(C)/C1=C/C(C)=O. The lowest BCUT2D eigenvalue weighted by atomic mass is 9.42. The third-order valence-corrected chi connectivity index (χ3v) is 12.1. The van der Waals surface area contributed by atoms with Crippen LogP contribution in [0.3, 0.4) is 0 Å². The van der Waals surface area contributed by atoms with Crippen LogP contribution in [0.15, 0.2) is 23.3 Å². The lowest BCUT2D eigenvalue weighted by molar-refractivity contribution is -0.131. The van der Waals surface area contributed by atoms with Crippen LogP contribution < -0.4 is 0 Å². The number of allylic oxidation sites excluding steroid dienone is 4. The van der Waals surface area contributed by atoms with Crippen molar-refractivity contribution in [3.63, 3.8) is 0 Å². The summed E-state index contributed by atoms with van der Waals surface area (Å²) < 4.78 is 0. The van der Waals surface area contributed by atoms with Gasteiger partial charge in [-0.15, -0.1) is 0 Å². The van der Waals surface area contributed by atoms with Crippen LogP contribution in [0.2, 0.25) is 0 Å². The number of nitrogens with zero attached hydrogens (tertiary/aromatic N) is 2. The lowest BCUT2D eigenvalue weighted by Crippen LogP contribution is -2.55. The topological polar surface area (TPSA) is 78.2 Å². The van der Waals surface area contributed by atoms with Crippen molar-refractivity contribution in [1.29, 1.82) is 5.26 Å². The van der Waals surface area contributed by atoms with Gasteiger partial charge < -0.3 is 4.90 Å². The van der Waals surface area contributed by atoms with Gasteiger partial charge in [0.15, 0.2) is 11.6 Å². The smallest absolute Gasteiger partial charge is 0.222 e. The van der Waals surface area contributed by atoms with Crippen molar-refractivity contribution in [2.75, 3.05) is 14.1 Å². The second kappa shape index (κ2) is 13.0. The number of rotatable bonds is 13. The molecular weight excluding hydrogens is 532 g/mol. The van der Waals surface area contributed by atoms with Crippen molar-refractivity contribution in [3.8, 4) is 6.07 Å². The van der Waals surface area contributed by atoms with Crippen molar-refractivity contribution in [2.24, 2.45) is 38.4 Å². The molecule has 5 nitrogen and oxygen atoms in total. The predicted molar refractivity (Wildman–Crippen MR) is 177 cm³/mol. The van der Waals surface area contributed by atoms with Gasteiger partial charge in [-0.05, 0) is 91.9 Å². The number of amides is 1. The van der Waals surface area contributed by atoms with Crippen molar-refractivity contribution in [2.45, 2.75) is 140 Å². The zero-order valence-electron chi connectivity index (χ0n) is 29.9. The molecule has 43 heavy (non-hydrogen) atoms. The van der Waals surface area contributed by atoms with E-state index >= 15 is 0 Å². The van der Waals surface area contributed by atoms with Gasteiger partial charge in [0, 0.05) is 31.3 Å². The van der Waals surface area contributed by atoms with Gasteiger partial charge in [-0.25, -0.2) is 0 Å². The zero-order chi connectivity index (χ0) is 33.2. The second-order valence-corrected chi connectivity index (χ2v) is 17.0. The van der Waals surface area contributed by atoms with E-state index in [4.69, 9.17) is 0 Å². The summed E-state index contributed by atoms with van der Waals surface area (Å²) in [5, 5.41) is 9.94. The molecule has 0 saturated heterocycles. The Labute approximate surface area is 263 Å². The molecule has 0 heterocycles. The summed E-state index contributed by atoms with van der Waals surface area (Å²) in [5.74, 6) is 0.113. The maximum Gasteiger partial charge on any atom is 0.222 e. The molecule has 0 aliphatic heterocycles. The number of carbonyl (C=O) groups is 3. The largest absolute Gasteiger partial charge is 0.349 e. The first kappa shape index (κ1) is 37.0. The quantitative estimate of drug-likeness (QED) is 0.199. The van der Waals surface area contributed by atoms with Crippen molar-refractivity contribution >= 4 is 17.5 Å². The van der Waals surface area contributed by atoms with Gasteiger partial charge in [-0.3, -0.25) is 14.4 Å². The number of hydrogen-bond donors (Lipinski definition) is 0. The van der Waals surface area contributed by atoms with Crippen LogP contribution in [0.1, 0.15) is 140 Å². The summed E-state index contributed by atoms with van der Waals surface area (Å²) in [7, 11) is 3.67. The molecule has 4 atom stereocenters. The Balaban J connectivity index is 2.52. The average molecular weight is 595 g/mol. The molecule has 0 aromatic rings. The van der Waals surface area contributed by atoms with Crippen molar-refractivity contribution in [3.05, 3.63) is 23.3 Å². The van der Waals surface area contributed by atoms with Gasteiger partial charge in [0.05, 0.1) is 5.57 Å². The minimum atomic E-state index is -0.682. The fraction of sp³-hybridized carbons (Fsp3) is 0.789. The molecule has 242 valence electrons. The monoisotopic (exact) mass is 594 g/mol. The minimum Gasteiger partial charge on any atom is -0.349 e. The highest BCUT2D eigenvalue weighted by atomic mass is 16.2. The Morgan fingerprint density at radius 1 is 1.00 bits per heavy atom. The molecule has 1 amide bonds. The molecule has 0 radical (unpaired) electrons. The van der Waals surface area contributed by atoms with E-state index in [2.05, 4.69) is 61.5 Å². The van der Waals surface area contributed by atoms with E-state index in [0.29, 0.717) is 6.42 Å². The molecule has 0 unspecified atom stereocenters. The van der Waals surface area contributed by atoms with Crippen molar-refractivity contribution < 1.29 is 14.4 Å². The molecule has 0 aromatic carbocycles. The fourth-order valence-corrected chi connectivity index (χ4v) is 8.45. The van der Waals surface area contributed by atoms with E-state index in [1.165, 1.54) is 12.8 Å². The second-order valence-electron chi connectivity index (χ2n) is 17.0. The summed E-state index contributed by atoms with van der Waals surface area (Å²) >= 11 is 0. The van der Waals surface area contributed by atoms with Crippen LogP contribution in [0.4, 0.5) is 0 Å². The molecule has 0 N–H and O–H groups in total. The maximum absolute atomic E-state index is 13.3. The molecule has 2 aliphatic carbocycles. The number of Topliss-reactive ketones (excluding diaryl/α,β-unsaturated/α-hetero) is 1. The molecule has 0 aromatic heterocycles. The van der Waals surface area contributed by atoms with Crippen LogP contribution in [0, 0.1) is 49.7 Å². The van der Waals surface area contributed by atoms with Gasteiger partial charge >= 0.3 is 0 Å². The molecule has 2 rings (SSSR count). The summed E-state index contributed by atoms with van der Waals surface area (Å²) in [6, 6.07) is 2.19. The number of hydrogen-bond acceptors (Lipinski definition) is 4. The predicted octanol–water partition coefficient (Wildman–Crippen LogP) is 9.27. The van der Waals surface area contributed by atoms with Gasteiger partial charge in [-0.1, -0.05) is 87.3 Å².